The number of esters is 1. The van der Waals surface area contributed by atoms with E-state index in [1.165, 1.54) is 6.07 Å². The molecule has 23 heavy (non-hydrogen) atoms. The predicted octanol–water partition coefficient (Wildman–Crippen LogP) is 2.18. The lowest BCUT2D eigenvalue weighted by atomic mass is 9.98. The Morgan fingerprint density at radius 1 is 1.35 bits per heavy atom. The van der Waals surface area contributed by atoms with Crippen molar-refractivity contribution in [3.8, 4) is 0 Å². The molecule has 1 aromatic rings. The highest BCUT2D eigenvalue weighted by Crippen LogP contribution is 2.20. The number of likely N-dealkylation sites (tertiary alicyclic amines) is 1. The molecule has 7 heteroatoms. The number of anilines is 1. The van der Waals surface area contributed by atoms with Gasteiger partial charge in [0.2, 0.25) is 5.91 Å². The first-order valence-corrected chi connectivity index (χ1v) is 7.64. The lowest BCUT2D eigenvalue weighted by Gasteiger charge is -2.30. The van der Waals surface area contributed by atoms with Gasteiger partial charge in [-0.2, -0.15) is 0 Å². The summed E-state index contributed by atoms with van der Waals surface area (Å²) in [4.78, 5) is 25.5. The second-order valence-electron chi connectivity index (χ2n) is 5.47. The van der Waals surface area contributed by atoms with Gasteiger partial charge in [0.1, 0.15) is 17.3 Å². The number of halogens is 2. The van der Waals surface area contributed by atoms with Crippen molar-refractivity contribution in [3.05, 3.63) is 29.8 Å². The van der Waals surface area contributed by atoms with Crippen molar-refractivity contribution in [3.63, 3.8) is 0 Å². The largest absolute Gasteiger partial charge is 0.466 e. The Kier molecular flexibility index (Phi) is 6.04. The Morgan fingerprint density at radius 3 is 2.70 bits per heavy atom. The van der Waals surface area contributed by atoms with Gasteiger partial charge in [-0.05, 0) is 38.4 Å². The summed E-state index contributed by atoms with van der Waals surface area (Å²) in [5.74, 6) is -2.68. The van der Waals surface area contributed by atoms with E-state index >= 15 is 0 Å². The van der Waals surface area contributed by atoms with Crippen LogP contribution in [-0.4, -0.2) is 43.0 Å². The molecular weight excluding hydrogens is 306 g/mol. The van der Waals surface area contributed by atoms with E-state index in [-0.39, 0.29) is 18.4 Å². The SMILES string of the molecule is CCOC(=O)C1CCCN(CC(=O)Nc2c(F)cccc2F)C1. The average molecular weight is 326 g/mol. The first-order valence-electron chi connectivity index (χ1n) is 7.64. The van der Waals surface area contributed by atoms with Gasteiger partial charge < -0.3 is 10.1 Å². The summed E-state index contributed by atoms with van der Waals surface area (Å²) >= 11 is 0. The molecule has 2 rings (SSSR count). The van der Waals surface area contributed by atoms with E-state index in [1.54, 1.807) is 11.8 Å². The van der Waals surface area contributed by atoms with Gasteiger partial charge in [-0.3, -0.25) is 14.5 Å². The van der Waals surface area contributed by atoms with Crippen LogP contribution >= 0.6 is 0 Å². The standard InChI is InChI=1S/C16H20F2N2O3/c1-2-23-16(22)11-5-4-8-20(9-11)10-14(21)19-15-12(17)6-3-7-13(15)18/h3,6-7,11H,2,4-5,8-10H2,1H3,(H,19,21). The molecule has 0 aliphatic carbocycles. The van der Waals surface area contributed by atoms with Gasteiger partial charge in [0.15, 0.2) is 0 Å². The summed E-state index contributed by atoms with van der Waals surface area (Å²) in [5.41, 5.74) is -0.448. The minimum absolute atomic E-state index is 0.0241. The van der Waals surface area contributed by atoms with Crippen molar-refractivity contribution in [2.45, 2.75) is 19.8 Å². The molecule has 126 valence electrons. The Balaban J connectivity index is 1.91. The average Bonchev–Trinajstić information content (AvgIpc) is 2.51. The molecule has 1 N–H and O–H groups in total. The molecule has 1 fully saturated rings. The molecule has 0 saturated carbocycles. The second-order valence-corrected chi connectivity index (χ2v) is 5.47. The van der Waals surface area contributed by atoms with E-state index in [1.807, 2.05) is 0 Å². The van der Waals surface area contributed by atoms with E-state index in [2.05, 4.69) is 5.32 Å². The lowest BCUT2D eigenvalue weighted by molar-refractivity contribution is -0.150. The van der Waals surface area contributed by atoms with E-state index in [4.69, 9.17) is 4.74 Å². The van der Waals surface area contributed by atoms with Crippen LogP contribution in [-0.2, 0) is 14.3 Å². The zero-order valence-corrected chi connectivity index (χ0v) is 13.0. The Bertz CT molecular complexity index is 560. The summed E-state index contributed by atoms with van der Waals surface area (Å²) in [5, 5.41) is 2.25. The van der Waals surface area contributed by atoms with Crippen molar-refractivity contribution in [1.82, 2.24) is 4.90 Å². The van der Waals surface area contributed by atoms with Gasteiger partial charge >= 0.3 is 5.97 Å². The molecule has 0 bridgehead atoms. The van der Waals surface area contributed by atoms with Crippen LogP contribution in [0.4, 0.5) is 14.5 Å². The fourth-order valence-electron chi connectivity index (χ4n) is 2.65. The summed E-state index contributed by atoms with van der Waals surface area (Å²) in [6.45, 7) is 3.11. The minimum atomic E-state index is -0.818. The van der Waals surface area contributed by atoms with Crippen LogP contribution in [0, 0.1) is 17.6 Å². The monoisotopic (exact) mass is 326 g/mol. The van der Waals surface area contributed by atoms with Crippen molar-refractivity contribution >= 4 is 17.6 Å². The highest BCUT2D eigenvalue weighted by atomic mass is 19.1. The molecule has 1 aliphatic rings. The number of ether oxygens (including phenoxy) is 1. The maximum Gasteiger partial charge on any atom is 0.310 e. The van der Waals surface area contributed by atoms with Gasteiger partial charge in [-0.25, -0.2) is 8.78 Å². The number of rotatable bonds is 5. The van der Waals surface area contributed by atoms with Crippen LogP contribution in [0.5, 0.6) is 0 Å². The number of nitrogens with one attached hydrogen (secondary N) is 1. The Hall–Kier alpha value is -2.02. The fourth-order valence-corrected chi connectivity index (χ4v) is 2.65. The smallest absolute Gasteiger partial charge is 0.310 e. The van der Waals surface area contributed by atoms with Crippen LogP contribution in [0.2, 0.25) is 0 Å². The molecule has 1 saturated heterocycles. The van der Waals surface area contributed by atoms with E-state index < -0.39 is 23.2 Å². The van der Waals surface area contributed by atoms with Crippen LogP contribution < -0.4 is 5.32 Å². The lowest BCUT2D eigenvalue weighted by Crippen LogP contribution is -2.43. The van der Waals surface area contributed by atoms with Gasteiger partial charge in [-0.15, -0.1) is 0 Å². The number of hydrogen-bond acceptors (Lipinski definition) is 4. The first-order chi connectivity index (χ1) is 11.0. The van der Waals surface area contributed by atoms with Crippen LogP contribution in [0.25, 0.3) is 0 Å². The molecule has 0 radical (unpaired) electrons. The zero-order chi connectivity index (χ0) is 16.8. The van der Waals surface area contributed by atoms with E-state index in [0.717, 1.165) is 25.0 Å². The molecule has 1 aliphatic heterocycles. The first kappa shape index (κ1) is 17.3. The van der Waals surface area contributed by atoms with Crippen molar-refractivity contribution < 1.29 is 23.1 Å². The molecule has 1 aromatic carbocycles. The maximum atomic E-state index is 13.5. The summed E-state index contributed by atoms with van der Waals surface area (Å²) in [6, 6.07) is 3.39. The van der Waals surface area contributed by atoms with E-state index in [9.17, 15) is 18.4 Å². The zero-order valence-electron chi connectivity index (χ0n) is 13.0. The number of nitrogens with zero attached hydrogens (tertiary/aromatic N) is 1. The van der Waals surface area contributed by atoms with Crippen molar-refractivity contribution in [2.75, 3.05) is 31.6 Å². The molecule has 1 unspecified atom stereocenters. The summed E-state index contributed by atoms with van der Waals surface area (Å²) in [6.07, 6.45) is 1.49. The Morgan fingerprint density at radius 2 is 2.04 bits per heavy atom. The van der Waals surface area contributed by atoms with Crippen LogP contribution in [0.1, 0.15) is 19.8 Å². The third-order valence-corrected chi connectivity index (χ3v) is 3.72. The van der Waals surface area contributed by atoms with Gasteiger partial charge in [0.05, 0.1) is 19.1 Å². The highest BCUT2D eigenvalue weighted by molar-refractivity contribution is 5.92. The van der Waals surface area contributed by atoms with E-state index in [0.29, 0.717) is 19.7 Å². The summed E-state index contributed by atoms with van der Waals surface area (Å²) < 4.78 is 32.0. The second kappa shape index (κ2) is 8.01. The quantitative estimate of drug-likeness (QED) is 0.843. The minimum Gasteiger partial charge on any atom is -0.466 e. The highest BCUT2D eigenvalue weighted by Gasteiger charge is 2.28. The summed E-state index contributed by atoms with van der Waals surface area (Å²) in [7, 11) is 0. The molecule has 1 amide bonds. The molecule has 0 spiro atoms. The number of piperidine rings is 1. The third kappa shape index (κ3) is 4.72. The van der Waals surface area contributed by atoms with Crippen molar-refractivity contribution in [1.29, 1.82) is 0 Å². The predicted molar refractivity (Wildman–Crippen MR) is 80.8 cm³/mol. The van der Waals surface area contributed by atoms with Gasteiger partial charge in [0.25, 0.3) is 0 Å². The fraction of sp³-hybridized carbons (Fsp3) is 0.500. The van der Waals surface area contributed by atoms with Gasteiger partial charge in [-0.1, -0.05) is 6.07 Å². The molecule has 1 atom stereocenters. The molecule has 0 aromatic heterocycles. The molecule has 1 heterocycles. The number of amides is 1. The Labute approximate surface area is 133 Å². The number of carbonyl (C=O) groups is 2. The topological polar surface area (TPSA) is 58.6 Å². The number of hydrogen-bond donors (Lipinski definition) is 1. The normalized spacial score (nSPS) is 18.5. The maximum absolute atomic E-state index is 13.5. The molecular formula is C16H20F2N2O3. The van der Waals surface area contributed by atoms with Crippen molar-refractivity contribution in [2.24, 2.45) is 5.92 Å². The van der Waals surface area contributed by atoms with Crippen LogP contribution in [0.15, 0.2) is 18.2 Å². The number of benzene rings is 1. The molecule has 5 nitrogen and oxygen atoms in total. The van der Waals surface area contributed by atoms with Crippen LogP contribution in [0.3, 0.4) is 0 Å². The number of para-hydroxylation sites is 1. The van der Waals surface area contributed by atoms with Gasteiger partial charge in [0, 0.05) is 6.54 Å². The third-order valence-electron chi connectivity index (χ3n) is 3.72. The number of carbonyl (C=O) groups excluding carboxylic acids is 2.